The highest BCUT2D eigenvalue weighted by molar-refractivity contribution is 6.02. The summed E-state index contributed by atoms with van der Waals surface area (Å²) in [4.78, 5) is 24.5. The number of anilines is 1. The van der Waals surface area contributed by atoms with Gasteiger partial charge in [0.25, 0.3) is 0 Å². The highest BCUT2D eigenvalue weighted by Crippen LogP contribution is 2.46. The van der Waals surface area contributed by atoms with E-state index < -0.39 is 5.60 Å². The van der Waals surface area contributed by atoms with Gasteiger partial charge in [-0.05, 0) is 57.2 Å². The number of rotatable bonds is 5. The molecule has 1 amide bonds. The number of fused-ring (bicyclic) bond motifs is 1. The second-order valence-corrected chi connectivity index (χ2v) is 10.8. The van der Waals surface area contributed by atoms with Crippen molar-refractivity contribution in [2.45, 2.75) is 51.2 Å². The molecule has 198 valence electrons. The fourth-order valence-electron chi connectivity index (χ4n) is 4.84. The Hall–Kier alpha value is -4.07. The number of oxime groups is 1. The van der Waals surface area contributed by atoms with Crippen LogP contribution in [0.2, 0.25) is 0 Å². The topological polar surface area (TPSA) is 85.3 Å². The van der Waals surface area contributed by atoms with E-state index in [-0.39, 0.29) is 18.2 Å². The second kappa shape index (κ2) is 10.0. The Morgan fingerprint density at radius 2 is 1.79 bits per heavy atom. The molecule has 0 atom stereocenters. The standard InChI is InChI=1S/C30H34N4O4/c1-29(2,3)32-28(35)38-30(16-9-17-30)22-14-12-21(13-15-22)26-23(20-10-7-6-8-11-20)18-24-27(31-26)37-19-25(33-36-5)34(24)4/h6-8,10-15,18H,9,16-17,19H2,1-5H3,(H,32,35). The van der Waals surface area contributed by atoms with Gasteiger partial charge in [-0.2, -0.15) is 0 Å². The molecule has 3 aromatic rings. The minimum absolute atomic E-state index is 0.268. The normalized spacial score (nSPS) is 17.2. The molecular formula is C30H34N4O4. The zero-order chi connectivity index (χ0) is 26.9. The lowest BCUT2D eigenvalue weighted by Gasteiger charge is -2.42. The number of pyridine rings is 1. The van der Waals surface area contributed by atoms with Gasteiger partial charge < -0.3 is 24.5 Å². The van der Waals surface area contributed by atoms with Crippen molar-refractivity contribution in [3.63, 3.8) is 0 Å². The summed E-state index contributed by atoms with van der Waals surface area (Å²) in [5, 5.41) is 7.00. The van der Waals surface area contributed by atoms with Crippen molar-refractivity contribution in [1.82, 2.24) is 10.3 Å². The number of hydrogen-bond donors (Lipinski definition) is 1. The predicted octanol–water partition coefficient (Wildman–Crippen LogP) is 6.11. The molecule has 0 spiro atoms. The van der Waals surface area contributed by atoms with Crippen LogP contribution in [-0.2, 0) is 15.2 Å². The van der Waals surface area contributed by atoms with Crippen molar-refractivity contribution in [2.75, 3.05) is 25.7 Å². The maximum Gasteiger partial charge on any atom is 0.408 e. The van der Waals surface area contributed by atoms with Crippen LogP contribution < -0.4 is 15.0 Å². The second-order valence-electron chi connectivity index (χ2n) is 10.8. The van der Waals surface area contributed by atoms with Crippen LogP contribution in [0.4, 0.5) is 10.5 Å². The third kappa shape index (κ3) is 5.03. The molecule has 2 aromatic carbocycles. The molecule has 0 radical (unpaired) electrons. The van der Waals surface area contributed by atoms with Gasteiger partial charge in [-0.3, -0.25) is 0 Å². The lowest BCUT2D eigenvalue weighted by Crippen LogP contribution is -2.47. The van der Waals surface area contributed by atoms with Crippen molar-refractivity contribution in [3.8, 4) is 28.3 Å². The molecule has 1 aliphatic heterocycles. The van der Waals surface area contributed by atoms with Crippen LogP contribution in [0, 0.1) is 0 Å². The van der Waals surface area contributed by atoms with E-state index in [2.05, 4.69) is 28.7 Å². The average molecular weight is 515 g/mol. The van der Waals surface area contributed by atoms with E-state index in [0.29, 0.717) is 11.7 Å². The Kier molecular flexibility index (Phi) is 6.73. The van der Waals surface area contributed by atoms with Crippen molar-refractivity contribution in [1.29, 1.82) is 0 Å². The van der Waals surface area contributed by atoms with E-state index in [1.807, 2.05) is 75.2 Å². The first-order chi connectivity index (χ1) is 18.2. The molecule has 8 heteroatoms. The molecule has 0 bridgehead atoms. The van der Waals surface area contributed by atoms with Crippen LogP contribution in [0.1, 0.15) is 45.6 Å². The van der Waals surface area contributed by atoms with Crippen LogP contribution in [0.3, 0.4) is 0 Å². The van der Waals surface area contributed by atoms with Crippen LogP contribution in [0.5, 0.6) is 5.88 Å². The van der Waals surface area contributed by atoms with Gasteiger partial charge in [-0.15, -0.1) is 0 Å². The Labute approximate surface area is 223 Å². The molecule has 8 nitrogen and oxygen atoms in total. The van der Waals surface area contributed by atoms with Gasteiger partial charge >= 0.3 is 6.09 Å². The third-order valence-corrected chi connectivity index (χ3v) is 6.95. The zero-order valence-corrected chi connectivity index (χ0v) is 22.6. The average Bonchev–Trinajstić information content (AvgIpc) is 2.87. The van der Waals surface area contributed by atoms with Crippen LogP contribution in [0.25, 0.3) is 22.4 Å². The van der Waals surface area contributed by atoms with Crippen LogP contribution in [0.15, 0.2) is 65.8 Å². The number of carbonyl (C=O) groups is 1. The number of alkyl carbamates (subject to hydrolysis) is 1. The highest BCUT2D eigenvalue weighted by atomic mass is 16.6. The number of nitrogens with one attached hydrogen (secondary N) is 1. The molecule has 2 aliphatic rings. The summed E-state index contributed by atoms with van der Waals surface area (Å²) in [6.45, 7) is 6.10. The Balaban J connectivity index is 1.51. The lowest BCUT2D eigenvalue weighted by molar-refractivity contribution is -0.0549. The number of carbonyl (C=O) groups excluding carboxylic acids is 1. The molecule has 1 aliphatic carbocycles. The Morgan fingerprint density at radius 1 is 1.08 bits per heavy atom. The van der Waals surface area contributed by atoms with Crippen molar-refractivity contribution in [2.24, 2.45) is 5.16 Å². The molecule has 0 saturated heterocycles. The number of benzene rings is 2. The summed E-state index contributed by atoms with van der Waals surface area (Å²) in [6.07, 6.45) is 2.25. The number of amidine groups is 1. The van der Waals surface area contributed by atoms with Gasteiger partial charge in [0.05, 0.1) is 5.69 Å². The van der Waals surface area contributed by atoms with E-state index in [1.165, 1.54) is 7.11 Å². The molecule has 1 N–H and O–H groups in total. The quantitative estimate of drug-likeness (QED) is 0.414. The maximum absolute atomic E-state index is 12.6. The monoisotopic (exact) mass is 514 g/mol. The number of likely N-dealkylation sites (N-methyl/N-ethyl adjacent to an activating group) is 1. The summed E-state index contributed by atoms with van der Waals surface area (Å²) in [5.74, 6) is 1.21. The lowest BCUT2D eigenvalue weighted by atomic mass is 9.74. The highest BCUT2D eigenvalue weighted by Gasteiger charge is 2.43. The predicted molar refractivity (Wildman–Crippen MR) is 148 cm³/mol. The SMILES string of the molecule is CON=C1COc2nc(-c3ccc(C4(OC(=O)NC(C)(C)C)CCC4)cc3)c(-c3ccccc3)cc2N1C. The summed E-state index contributed by atoms with van der Waals surface area (Å²) < 4.78 is 12.0. The van der Waals surface area contributed by atoms with Gasteiger partial charge in [-0.1, -0.05) is 59.8 Å². The van der Waals surface area contributed by atoms with Crippen molar-refractivity contribution >= 4 is 17.6 Å². The largest absolute Gasteiger partial charge is 0.468 e. The molecule has 1 saturated carbocycles. The molecule has 1 aromatic heterocycles. The fraction of sp³-hybridized carbons (Fsp3) is 0.367. The van der Waals surface area contributed by atoms with Crippen molar-refractivity contribution < 1.29 is 19.1 Å². The summed E-state index contributed by atoms with van der Waals surface area (Å²) in [5.41, 5.74) is 4.65. The van der Waals surface area contributed by atoms with Gasteiger partial charge in [0, 0.05) is 23.7 Å². The minimum atomic E-state index is -0.595. The van der Waals surface area contributed by atoms with Crippen molar-refractivity contribution in [3.05, 3.63) is 66.2 Å². The number of aromatic nitrogens is 1. The van der Waals surface area contributed by atoms with Gasteiger partial charge in [0.1, 0.15) is 18.4 Å². The van der Waals surface area contributed by atoms with E-state index in [1.54, 1.807) is 0 Å². The van der Waals surface area contributed by atoms with E-state index in [0.717, 1.165) is 52.9 Å². The summed E-state index contributed by atoms with van der Waals surface area (Å²) in [6, 6.07) is 20.4. The Morgan fingerprint density at radius 3 is 2.39 bits per heavy atom. The van der Waals surface area contributed by atoms with E-state index in [9.17, 15) is 4.79 Å². The van der Waals surface area contributed by atoms with Gasteiger partial charge in [0.2, 0.25) is 5.88 Å². The minimum Gasteiger partial charge on any atom is -0.468 e. The van der Waals surface area contributed by atoms with Crippen LogP contribution >= 0.6 is 0 Å². The Bertz CT molecular complexity index is 1340. The molecule has 0 unspecified atom stereocenters. The molecule has 2 heterocycles. The number of amides is 1. The summed E-state index contributed by atoms with van der Waals surface area (Å²) >= 11 is 0. The fourth-order valence-corrected chi connectivity index (χ4v) is 4.84. The van der Waals surface area contributed by atoms with Crippen LogP contribution in [-0.4, -0.2) is 43.2 Å². The number of hydrogen-bond acceptors (Lipinski definition) is 6. The number of nitrogens with zero attached hydrogens (tertiary/aromatic N) is 3. The molecule has 38 heavy (non-hydrogen) atoms. The zero-order valence-electron chi connectivity index (χ0n) is 22.6. The van der Waals surface area contributed by atoms with Gasteiger partial charge in [-0.25, -0.2) is 9.78 Å². The van der Waals surface area contributed by atoms with Gasteiger partial charge in [0.15, 0.2) is 12.4 Å². The number of ether oxygens (including phenoxy) is 2. The summed E-state index contributed by atoms with van der Waals surface area (Å²) in [7, 11) is 3.45. The first-order valence-corrected chi connectivity index (χ1v) is 12.9. The first kappa shape index (κ1) is 25.6. The van der Waals surface area contributed by atoms with E-state index >= 15 is 0 Å². The van der Waals surface area contributed by atoms with E-state index in [4.69, 9.17) is 19.3 Å². The smallest absolute Gasteiger partial charge is 0.408 e. The molecular weight excluding hydrogens is 480 g/mol. The maximum atomic E-state index is 12.6. The third-order valence-electron chi connectivity index (χ3n) is 6.95. The molecule has 5 rings (SSSR count). The molecule has 1 fully saturated rings. The first-order valence-electron chi connectivity index (χ1n) is 12.9.